The molecule has 1 N–H and O–H groups in total. The van der Waals surface area contributed by atoms with Crippen LogP contribution in [-0.4, -0.2) is 24.0 Å². The van der Waals surface area contributed by atoms with Crippen molar-refractivity contribution in [2.45, 2.75) is 53.4 Å². The Hall–Kier alpha value is -1.86. The molecule has 0 atom stereocenters. The summed E-state index contributed by atoms with van der Waals surface area (Å²) in [5.41, 5.74) is 1.82. The lowest BCUT2D eigenvalue weighted by atomic mass is 9.87. The quantitative estimate of drug-likeness (QED) is 0.344. The molecule has 0 aliphatic carbocycles. The summed E-state index contributed by atoms with van der Waals surface area (Å²) in [6.45, 7) is 10.1. The number of Topliss-reactive ketones (excluding diaryl/α,β-unsaturated/α-hetero) is 1. The van der Waals surface area contributed by atoms with Crippen molar-refractivity contribution in [1.29, 1.82) is 0 Å². The zero-order valence-corrected chi connectivity index (χ0v) is 21.8. The number of aliphatic carboxylic acids is 1. The summed E-state index contributed by atoms with van der Waals surface area (Å²) in [5, 5.41) is 9.06. The smallest absolute Gasteiger partial charge is 0.307 e. The maximum atomic E-state index is 13.1. The Labute approximate surface area is 200 Å². The van der Waals surface area contributed by atoms with Gasteiger partial charge < -0.3 is 14.6 Å². The standard InChI is InChI=1S/C24H28Br2O5/c1-13(2)15-10-21(16(11-20(15)30-6)19(27)12-24(3,4)5)31-23-17(25)7-14(8-18(23)26)9-22(28)29/h7-8,10-11,13H,9,12H2,1-6H3,(H,28,29). The molecule has 0 saturated carbocycles. The van der Waals surface area contributed by atoms with Gasteiger partial charge in [0.25, 0.3) is 0 Å². The Morgan fingerprint density at radius 1 is 1.03 bits per heavy atom. The van der Waals surface area contributed by atoms with Crippen molar-refractivity contribution < 1.29 is 24.2 Å². The second-order valence-corrected chi connectivity index (χ2v) is 10.7. The normalized spacial score (nSPS) is 11.5. The van der Waals surface area contributed by atoms with E-state index in [0.717, 1.165) is 5.56 Å². The van der Waals surface area contributed by atoms with E-state index in [0.29, 0.717) is 43.7 Å². The molecule has 0 radical (unpaired) electrons. The molecule has 0 unspecified atom stereocenters. The minimum atomic E-state index is -0.917. The number of hydrogen-bond acceptors (Lipinski definition) is 4. The van der Waals surface area contributed by atoms with Gasteiger partial charge in [-0.25, -0.2) is 0 Å². The fourth-order valence-corrected chi connectivity index (χ4v) is 4.62. The lowest BCUT2D eigenvalue weighted by Crippen LogP contribution is -2.14. The van der Waals surface area contributed by atoms with Crippen molar-refractivity contribution in [3.05, 3.63) is 49.9 Å². The molecule has 2 aromatic rings. The van der Waals surface area contributed by atoms with Gasteiger partial charge in [-0.1, -0.05) is 34.6 Å². The van der Waals surface area contributed by atoms with Crippen LogP contribution in [0.2, 0.25) is 0 Å². The zero-order chi connectivity index (χ0) is 23.5. The van der Waals surface area contributed by atoms with Crippen molar-refractivity contribution in [2.24, 2.45) is 5.41 Å². The molecule has 5 nitrogen and oxygen atoms in total. The fourth-order valence-electron chi connectivity index (χ4n) is 3.18. The van der Waals surface area contributed by atoms with Gasteiger partial charge in [-0.05, 0) is 73.0 Å². The molecule has 2 rings (SSSR count). The number of carboxylic acids is 1. The maximum Gasteiger partial charge on any atom is 0.307 e. The van der Waals surface area contributed by atoms with Gasteiger partial charge in [-0.15, -0.1) is 0 Å². The second-order valence-electron chi connectivity index (χ2n) is 8.97. The van der Waals surface area contributed by atoms with E-state index in [-0.39, 0.29) is 23.5 Å². The predicted molar refractivity (Wildman–Crippen MR) is 129 cm³/mol. The Morgan fingerprint density at radius 3 is 2.06 bits per heavy atom. The van der Waals surface area contributed by atoms with Crippen molar-refractivity contribution in [3.8, 4) is 17.2 Å². The van der Waals surface area contributed by atoms with Gasteiger partial charge in [0.15, 0.2) is 11.5 Å². The van der Waals surface area contributed by atoms with Crippen LogP contribution < -0.4 is 9.47 Å². The minimum absolute atomic E-state index is 0.0363. The molecule has 0 bridgehead atoms. The molecular weight excluding hydrogens is 528 g/mol. The molecule has 0 spiro atoms. The fraction of sp³-hybridized carbons (Fsp3) is 0.417. The summed E-state index contributed by atoms with van der Waals surface area (Å²) >= 11 is 6.95. The lowest BCUT2D eigenvalue weighted by Gasteiger charge is -2.21. The third-order valence-electron chi connectivity index (χ3n) is 4.57. The molecule has 0 aromatic heterocycles. The van der Waals surface area contributed by atoms with Crippen LogP contribution in [0.25, 0.3) is 0 Å². The Balaban J connectivity index is 2.59. The average molecular weight is 556 g/mol. The lowest BCUT2D eigenvalue weighted by molar-refractivity contribution is -0.136. The third kappa shape index (κ3) is 6.81. The molecule has 0 aliphatic heterocycles. The summed E-state index contributed by atoms with van der Waals surface area (Å²) in [6, 6.07) is 7.01. The predicted octanol–water partition coefficient (Wildman–Crippen LogP) is 7.38. The van der Waals surface area contributed by atoms with Crippen LogP contribution in [0, 0.1) is 5.41 Å². The monoisotopic (exact) mass is 554 g/mol. The molecular formula is C24H28Br2O5. The summed E-state index contributed by atoms with van der Waals surface area (Å²) in [4.78, 5) is 24.2. The van der Waals surface area contributed by atoms with Crippen LogP contribution >= 0.6 is 31.9 Å². The van der Waals surface area contributed by atoms with Crippen LogP contribution in [-0.2, 0) is 11.2 Å². The van der Waals surface area contributed by atoms with Gasteiger partial charge in [0.2, 0.25) is 0 Å². The first-order chi connectivity index (χ1) is 14.3. The van der Waals surface area contributed by atoms with Gasteiger partial charge in [-0.2, -0.15) is 0 Å². The largest absolute Gasteiger partial charge is 0.496 e. The highest BCUT2D eigenvalue weighted by Crippen LogP contribution is 2.42. The third-order valence-corrected chi connectivity index (χ3v) is 5.75. The number of methoxy groups -OCH3 is 1. The topological polar surface area (TPSA) is 72.8 Å². The SMILES string of the molecule is COc1cc(C(=O)CC(C)(C)C)c(Oc2c(Br)cc(CC(=O)O)cc2Br)cc1C(C)C. The van der Waals surface area contributed by atoms with E-state index in [1.165, 1.54) is 0 Å². The maximum absolute atomic E-state index is 13.1. The van der Waals surface area contributed by atoms with Crippen LogP contribution in [0.4, 0.5) is 0 Å². The van der Waals surface area contributed by atoms with Gasteiger partial charge in [-0.3, -0.25) is 9.59 Å². The number of ketones is 1. The molecule has 0 fully saturated rings. The summed E-state index contributed by atoms with van der Waals surface area (Å²) < 4.78 is 13.0. The van der Waals surface area contributed by atoms with E-state index in [9.17, 15) is 9.59 Å². The average Bonchev–Trinajstić information content (AvgIpc) is 2.62. The molecule has 2 aromatic carbocycles. The van der Waals surface area contributed by atoms with Gasteiger partial charge >= 0.3 is 5.97 Å². The Kier molecular flexibility index (Phi) is 8.34. The van der Waals surface area contributed by atoms with E-state index >= 15 is 0 Å². The van der Waals surface area contributed by atoms with E-state index in [1.807, 2.05) is 40.7 Å². The molecule has 168 valence electrons. The molecule has 0 aliphatic rings. The molecule has 31 heavy (non-hydrogen) atoms. The second kappa shape index (κ2) is 10.2. The van der Waals surface area contributed by atoms with E-state index in [4.69, 9.17) is 14.6 Å². The number of carboxylic acid groups (broad SMARTS) is 1. The van der Waals surface area contributed by atoms with Crippen molar-refractivity contribution in [2.75, 3.05) is 7.11 Å². The van der Waals surface area contributed by atoms with Gasteiger partial charge in [0, 0.05) is 12.0 Å². The Bertz CT molecular complexity index is 967. The summed E-state index contributed by atoms with van der Waals surface area (Å²) in [6.07, 6.45) is 0.250. The highest BCUT2D eigenvalue weighted by molar-refractivity contribution is 9.11. The molecule has 0 heterocycles. The van der Waals surface area contributed by atoms with Crippen LogP contribution in [0.1, 0.15) is 68.4 Å². The number of hydrogen-bond donors (Lipinski definition) is 1. The summed E-state index contributed by atoms with van der Waals surface area (Å²) in [7, 11) is 1.59. The van der Waals surface area contributed by atoms with Crippen molar-refractivity contribution >= 4 is 43.6 Å². The van der Waals surface area contributed by atoms with Crippen LogP contribution in [0.3, 0.4) is 0 Å². The number of halogens is 2. The summed E-state index contributed by atoms with van der Waals surface area (Å²) in [5.74, 6) is 0.763. The first-order valence-electron chi connectivity index (χ1n) is 9.95. The first-order valence-corrected chi connectivity index (χ1v) is 11.5. The molecule has 0 amide bonds. The van der Waals surface area contributed by atoms with Gasteiger partial charge in [0.1, 0.15) is 11.5 Å². The highest BCUT2D eigenvalue weighted by atomic mass is 79.9. The van der Waals surface area contributed by atoms with E-state index in [1.54, 1.807) is 25.3 Å². The van der Waals surface area contributed by atoms with Crippen LogP contribution in [0.5, 0.6) is 17.2 Å². The number of carbonyl (C=O) groups excluding carboxylic acids is 1. The van der Waals surface area contributed by atoms with E-state index < -0.39 is 5.97 Å². The Morgan fingerprint density at radius 2 is 1.61 bits per heavy atom. The zero-order valence-electron chi connectivity index (χ0n) is 18.6. The first kappa shape index (κ1) is 25.4. The highest BCUT2D eigenvalue weighted by Gasteiger charge is 2.24. The van der Waals surface area contributed by atoms with Crippen molar-refractivity contribution in [1.82, 2.24) is 0 Å². The van der Waals surface area contributed by atoms with Crippen LogP contribution in [0.15, 0.2) is 33.2 Å². The molecule has 7 heteroatoms. The number of ether oxygens (including phenoxy) is 2. The molecule has 0 saturated heterocycles. The van der Waals surface area contributed by atoms with Gasteiger partial charge in [0.05, 0.1) is 28.0 Å². The van der Waals surface area contributed by atoms with E-state index in [2.05, 4.69) is 31.9 Å². The number of carbonyl (C=O) groups is 2. The van der Waals surface area contributed by atoms with Crippen molar-refractivity contribution in [3.63, 3.8) is 0 Å². The minimum Gasteiger partial charge on any atom is -0.496 e. The number of rotatable bonds is 8. The number of benzene rings is 2.